The summed E-state index contributed by atoms with van der Waals surface area (Å²) in [5, 5.41) is 0. The van der Waals surface area contributed by atoms with E-state index in [1.165, 1.54) is 30.4 Å². The fourth-order valence-corrected chi connectivity index (χ4v) is 3.35. The van der Waals surface area contributed by atoms with Crippen molar-refractivity contribution in [2.75, 3.05) is 7.11 Å². The predicted octanol–water partition coefficient (Wildman–Crippen LogP) is 4.11. The molecule has 0 spiro atoms. The number of halogens is 1. The zero-order valence-electron chi connectivity index (χ0n) is 10.0. The fourth-order valence-electron chi connectivity index (χ4n) is 2.57. The highest BCUT2D eigenvalue weighted by molar-refractivity contribution is 9.09. The van der Waals surface area contributed by atoms with Crippen molar-refractivity contribution in [1.82, 2.24) is 0 Å². The lowest BCUT2D eigenvalue weighted by Crippen LogP contribution is -2.10. The molecular weight excluding hydrogens is 264 g/mol. The van der Waals surface area contributed by atoms with Crippen molar-refractivity contribution in [2.45, 2.75) is 37.4 Å². The van der Waals surface area contributed by atoms with Gasteiger partial charge in [0.05, 0.1) is 7.11 Å². The van der Waals surface area contributed by atoms with Crippen molar-refractivity contribution in [3.8, 4) is 5.75 Å². The standard InChI is InChI=1S/C14H19BrO/c1-10-6-7-14(16-2)12(8-10)9-11-4-3-5-13(11)15/h6-8,11,13H,3-5,9H2,1-2H3. The first-order chi connectivity index (χ1) is 7.70. The lowest BCUT2D eigenvalue weighted by molar-refractivity contribution is 0.404. The van der Waals surface area contributed by atoms with E-state index in [4.69, 9.17) is 4.74 Å². The molecule has 2 heteroatoms. The highest BCUT2D eigenvalue weighted by atomic mass is 79.9. The van der Waals surface area contributed by atoms with E-state index in [2.05, 4.69) is 41.1 Å². The van der Waals surface area contributed by atoms with Gasteiger partial charge in [-0.15, -0.1) is 0 Å². The van der Waals surface area contributed by atoms with E-state index >= 15 is 0 Å². The van der Waals surface area contributed by atoms with Gasteiger partial charge in [-0.25, -0.2) is 0 Å². The third-order valence-electron chi connectivity index (χ3n) is 3.48. The molecule has 2 unspecified atom stereocenters. The van der Waals surface area contributed by atoms with Gasteiger partial charge in [-0.05, 0) is 43.7 Å². The summed E-state index contributed by atoms with van der Waals surface area (Å²) in [6.07, 6.45) is 5.15. The van der Waals surface area contributed by atoms with Gasteiger partial charge < -0.3 is 4.74 Å². The van der Waals surface area contributed by atoms with Gasteiger partial charge in [0.25, 0.3) is 0 Å². The van der Waals surface area contributed by atoms with Crippen LogP contribution < -0.4 is 4.74 Å². The maximum absolute atomic E-state index is 5.43. The smallest absolute Gasteiger partial charge is 0.122 e. The number of ether oxygens (including phenoxy) is 1. The Morgan fingerprint density at radius 3 is 2.81 bits per heavy atom. The summed E-state index contributed by atoms with van der Waals surface area (Å²) in [7, 11) is 1.76. The largest absolute Gasteiger partial charge is 0.496 e. The number of rotatable bonds is 3. The van der Waals surface area contributed by atoms with Crippen molar-refractivity contribution in [3.63, 3.8) is 0 Å². The summed E-state index contributed by atoms with van der Waals surface area (Å²) >= 11 is 3.79. The maximum Gasteiger partial charge on any atom is 0.122 e. The molecular formula is C14H19BrO. The summed E-state index contributed by atoms with van der Waals surface area (Å²) in [4.78, 5) is 0.692. The van der Waals surface area contributed by atoms with Crippen LogP contribution in [0.3, 0.4) is 0 Å². The summed E-state index contributed by atoms with van der Waals surface area (Å²) in [6, 6.07) is 6.46. The van der Waals surface area contributed by atoms with Crippen LogP contribution >= 0.6 is 15.9 Å². The molecule has 0 N–H and O–H groups in total. The molecule has 1 saturated carbocycles. The lowest BCUT2D eigenvalue weighted by Gasteiger charge is -2.16. The average Bonchev–Trinajstić information content (AvgIpc) is 2.65. The minimum Gasteiger partial charge on any atom is -0.496 e. The lowest BCUT2D eigenvalue weighted by atomic mass is 9.96. The van der Waals surface area contributed by atoms with Crippen molar-refractivity contribution < 1.29 is 4.74 Å². The van der Waals surface area contributed by atoms with E-state index in [0.29, 0.717) is 4.83 Å². The molecule has 1 fully saturated rings. The average molecular weight is 283 g/mol. The van der Waals surface area contributed by atoms with Crippen molar-refractivity contribution in [2.24, 2.45) is 5.92 Å². The Morgan fingerprint density at radius 2 is 2.19 bits per heavy atom. The minimum absolute atomic E-state index is 0.692. The van der Waals surface area contributed by atoms with Gasteiger partial charge in [0.1, 0.15) is 5.75 Å². The maximum atomic E-state index is 5.43. The summed E-state index contributed by atoms with van der Waals surface area (Å²) < 4.78 is 5.43. The molecule has 1 aliphatic rings. The van der Waals surface area contributed by atoms with Crippen LogP contribution in [0.1, 0.15) is 30.4 Å². The quantitative estimate of drug-likeness (QED) is 0.758. The van der Waals surface area contributed by atoms with Crippen LogP contribution in [0.25, 0.3) is 0 Å². The molecule has 0 aliphatic heterocycles. The molecule has 0 saturated heterocycles. The van der Waals surface area contributed by atoms with E-state index in [0.717, 1.165) is 18.1 Å². The Bertz CT molecular complexity index is 362. The number of benzene rings is 1. The van der Waals surface area contributed by atoms with Crippen molar-refractivity contribution in [3.05, 3.63) is 29.3 Å². The summed E-state index contributed by atoms with van der Waals surface area (Å²) in [5.41, 5.74) is 2.68. The molecule has 88 valence electrons. The van der Waals surface area contributed by atoms with E-state index in [-0.39, 0.29) is 0 Å². The fraction of sp³-hybridized carbons (Fsp3) is 0.571. The van der Waals surface area contributed by atoms with Crippen LogP contribution in [0.4, 0.5) is 0 Å². The second-order valence-corrected chi connectivity index (χ2v) is 5.90. The molecule has 1 aromatic carbocycles. The van der Waals surface area contributed by atoms with Crippen LogP contribution in [0.15, 0.2) is 18.2 Å². The number of hydrogen-bond donors (Lipinski definition) is 0. The SMILES string of the molecule is COc1ccc(C)cc1CC1CCCC1Br. The minimum atomic E-state index is 0.692. The topological polar surface area (TPSA) is 9.23 Å². The van der Waals surface area contributed by atoms with Gasteiger partial charge in [0.15, 0.2) is 0 Å². The van der Waals surface area contributed by atoms with Crippen LogP contribution in [0.5, 0.6) is 5.75 Å². The third kappa shape index (κ3) is 2.60. The van der Waals surface area contributed by atoms with Gasteiger partial charge in [0.2, 0.25) is 0 Å². The highest BCUT2D eigenvalue weighted by Gasteiger charge is 2.25. The van der Waals surface area contributed by atoms with Crippen molar-refractivity contribution in [1.29, 1.82) is 0 Å². The molecule has 0 aromatic heterocycles. The van der Waals surface area contributed by atoms with Crippen molar-refractivity contribution >= 4 is 15.9 Å². The van der Waals surface area contributed by atoms with Gasteiger partial charge >= 0.3 is 0 Å². The van der Waals surface area contributed by atoms with E-state index in [9.17, 15) is 0 Å². The molecule has 1 aliphatic carbocycles. The first-order valence-corrected chi connectivity index (χ1v) is 6.90. The second kappa shape index (κ2) is 5.22. The Morgan fingerprint density at radius 1 is 1.38 bits per heavy atom. The van der Waals surface area contributed by atoms with Crippen LogP contribution in [0.2, 0.25) is 0 Å². The first kappa shape index (κ1) is 12.0. The number of hydrogen-bond acceptors (Lipinski definition) is 1. The molecule has 2 atom stereocenters. The van der Waals surface area contributed by atoms with E-state index < -0.39 is 0 Å². The second-order valence-electron chi connectivity index (χ2n) is 4.73. The molecule has 0 amide bonds. The molecule has 0 heterocycles. The van der Waals surface area contributed by atoms with Gasteiger partial charge in [-0.3, -0.25) is 0 Å². The third-order valence-corrected chi connectivity index (χ3v) is 4.69. The molecule has 1 aromatic rings. The Balaban J connectivity index is 2.16. The zero-order chi connectivity index (χ0) is 11.5. The van der Waals surface area contributed by atoms with Gasteiger partial charge in [-0.1, -0.05) is 40.0 Å². The van der Waals surface area contributed by atoms with Crippen LogP contribution in [-0.4, -0.2) is 11.9 Å². The molecule has 16 heavy (non-hydrogen) atoms. The number of alkyl halides is 1. The predicted molar refractivity (Wildman–Crippen MR) is 71.5 cm³/mol. The monoisotopic (exact) mass is 282 g/mol. The molecule has 1 nitrogen and oxygen atoms in total. The van der Waals surface area contributed by atoms with E-state index in [1.54, 1.807) is 7.11 Å². The normalized spacial score (nSPS) is 24.7. The van der Waals surface area contributed by atoms with Crippen LogP contribution in [-0.2, 0) is 6.42 Å². The van der Waals surface area contributed by atoms with Gasteiger partial charge in [-0.2, -0.15) is 0 Å². The summed E-state index contributed by atoms with van der Waals surface area (Å²) in [5.74, 6) is 1.81. The Hall–Kier alpha value is -0.500. The molecule has 2 rings (SSSR count). The van der Waals surface area contributed by atoms with E-state index in [1.807, 2.05) is 0 Å². The summed E-state index contributed by atoms with van der Waals surface area (Å²) in [6.45, 7) is 2.14. The number of aryl methyl sites for hydroxylation is 1. The highest BCUT2D eigenvalue weighted by Crippen LogP contribution is 2.35. The molecule has 0 radical (unpaired) electrons. The van der Waals surface area contributed by atoms with Crippen LogP contribution in [0, 0.1) is 12.8 Å². The zero-order valence-corrected chi connectivity index (χ0v) is 11.6. The Labute approximate surface area is 106 Å². The first-order valence-electron chi connectivity index (χ1n) is 5.98. The Kier molecular flexibility index (Phi) is 3.91. The molecule has 0 bridgehead atoms. The number of methoxy groups -OCH3 is 1. The van der Waals surface area contributed by atoms with Gasteiger partial charge in [0, 0.05) is 4.83 Å².